The molecule has 1 aromatic carbocycles. The maximum Gasteiger partial charge on any atom is 0.243 e. The average molecular weight is 347 g/mol. The molecule has 134 valence electrons. The molecule has 0 aliphatic heterocycles. The summed E-state index contributed by atoms with van der Waals surface area (Å²) >= 11 is 0. The number of nitrogens with two attached hydrogens (primary N) is 1. The summed E-state index contributed by atoms with van der Waals surface area (Å²) in [6.07, 6.45) is 3.32. The van der Waals surface area contributed by atoms with Crippen LogP contribution < -0.4 is 16.4 Å². The monoisotopic (exact) mass is 347 g/mol. The Bertz CT molecular complexity index is 772. The van der Waals surface area contributed by atoms with Gasteiger partial charge in [-0.25, -0.2) is 9.07 Å². The molecule has 0 radical (unpaired) electrons. The fourth-order valence-electron chi connectivity index (χ4n) is 2.11. The standard InChI is InChI=1S/C17H22FN5O2/c1-10(2)16(19)17(25)20-8-15(24)22-12-4-5-14(13(18)6-12)23-9-11(3)7-21-23/h4-7,9-10,16H,8,19H2,1-3H3,(H,20,25)(H,22,24)/t16-/m0/s1. The first kappa shape index (κ1) is 18.6. The number of hydrogen-bond donors (Lipinski definition) is 3. The van der Waals surface area contributed by atoms with Crippen molar-refractivity contribution < 1.29 is 14.0 Å². The molecule has 4 N–H and O–H groups in total. The van der Waals surface area contributed by atoms with Crippen molar-refractivity contribution in [2.45, 2.75) is 26.8 Å². The van der Waals surface area contributed by atoms with E-state index < -0.39 is 23.7 Å². The number of halogens is 1. The highest BCUT2D eigenvalue weighted by molar-refractivity contribution is 5.95. The van der Waals surface area contributed by atoms with Crippen LogP contribution in [0.4, 0.5) is 10.1 Å². The molecule has 0 fully saturated rings. The van der Waals surface area contributed by atoms with Crippen molar-refractivity contribution in [2.24, 2.45) is 11.7 Å². The molecule has 2 amide bonds. The maximum atomic E-state index is 14.2. The van der Waals surface area contributed by atoms with Gasteiger partial charge < -0.3 is 16.4 Å². The van der Waals surface area contributed by atoms with Gasteiger partial charge in [0.05, 0.1) is 18.8 Å². The first-order chi connectivity index (χ1) is 11.8. The third-order valence-corrected chi connectivity index (χ3v) is 3.63. The number of carbonyl (C=O) groups excluding carboxylic acids is 2. The first-order valence-electron chi connectivity index (χ1n) is 7.92. The van der Waals surface area contributed by atoms with E-state index in [2.05, 4.69) is 15.7 Å². The number of anilines is 1. The quantitative estimate of drug-likeness (QED) is 0.734. The summed E-state index contributed by atoms with van der Waals surface area (Å²) in [5.41, 5.74) is 7.17. The van der Waals surface area contributed by atoms with Crippen LogP contribution in [0.25, 0.3) is 5.69 Å². The molecule has 0 aliphatic carbocycles. The zero-order valence-corrected chi connectivity index (χ0v) is 14.4. The van der Waals surface area contributed by atoms with Gasteiger partial charge in [0.2, 0.25) is 11.8 Å². The van der Waals surface area contributed by atoms with Crippen molar-refractivity contribution in [3.8, 4) is 5.69 Å². The molecule has 0 aliphatic rings. The summed E-state index contributed by atoms with van der Waals surface area (Å²) in [5.74, 6) is -1.42. The number of nitrogens with zero attached hydrogens (tertiary/aromatic N) is 2. The number of aromatic nitrogens is 2. The van der Waals surface area contributed by atoms with Crippen LogP contribution in [0.2, 0.25) is 0 Å². The molecular weight excluding hydrogens is 325 g/mol. The highest BCUT2D eigenvalue weighted by atomic mass is 19.1. The fourth-order valence-corrected chi connectivity index (χ4v) is 2.11. The van der Waals surface area contributed by atoms with E-state index in [0.717, 1.165) is 5.56 Å². The Morgan fingerprint density at radius 1 is 1.36 bits per heavy atom. The van der Waals surface area contributed by atoms with Crippen LogP contribution in [0, 0.1) is 18.7 Å². The molecule has 1 heterocycles. The SMILES string of the molecule is Cc1cnn(-c2ccc(NC(=O)CNC(=O)[C@@H](N)C(C)C)cc2F)c1. The van der Waals surface area contributed by atoms with Crippen molar-refractivity contribution >= 4 is 17.5 Å². The van der Waals surface area contributed by atoms with Gasteiger partial charge in [0.1, 0.15) is 5.69 Å². The highest BCUT2D eigenvalue weighted by Gasteiger charge is 2.17. The molecule has 1 atom stereocenters. The Morgan fingerprint density at radius 2 is 2.08 bits per heavy atom. The molecule has 2 aromatic rings. The minimum atomic E-state index is -0.679. The van der Waals surface area contributed by atoms with Gasteiger partial charge in [-0.05, 0) is 36.6 Å². The molecular formula is C17H22FN5O2. The molecule has 1 aromatic heterocycles. The highest BCUT2D eigenvalue weighted by Crippen LogP contribution is 2.18. The second-order valence-corrected chi connectivity index (χ2v) is 6.16. The van der Waals surface area contributed by atoms with Crippen molar-refractivity contribution in [1.29, 1.82) is 0 Å². The summed E-state index contributed by atoms with van der Waals surface area (Å²) in [6, 6.07) is 3.60. The van der Waals surface area contributed by atoms with Crippen LogP contribution in [-0.2, 0) is 9.59 Å². The molecule has 8 heteroatoms. The Hall–Kier alpha value is -2.74. The van der Waals surface area contributed by atoms with E-state index in [9.17, 15) is 14.0 Å². The van der Waals surface area contributed by atoms with Gasteiger partial charge in [0.15, 0.2) is 5.82 Å². The number of benzene rings is 1. The molecule has 7 nitrogen and oxygen atoms in total. The summed E-state index contributed by atoms with van der Waals surface area (Å²) in [4.78, 5) is 23.6. The van der Waals surface area contributed by atoms with E-state index in [1.165, 1.54) is 16.8 Å². The van der Waals surface area contributed by atoms with E-state index in [1.54, 1.807) is 18.5 Å². The zero-order chi connectivity index (χ0) is 18.6. The summed E-state index contributed by atoms with van der Waals surface area (Å²) in [6.45, 7) is 5.25. The van der Waals surface area contributed by atoms with Crippen LogP contribution in [-0.4, -0.2) is 34.2 Å². The Kier molecular flexibility index (Phi) is 5.87. The second-order valence-electron chi connectivity index (χ2n) is 6.16. The predicted molar refractivity (Wildman–Crippen MR) is 92.7 cm³/mol. The smallest absolute Gasteiger partial charge is 0.243 e. The lowest BCUT2D eigenvalue weighted by molar-refractivity contribution is -0.125. The van der Waals surface area contributed by atoms with Gasteiger partial charge in [0, 0.05) is 11.9 Å². The zero-order valence-electron chi connectivity index (χ0n) is 14.4. The number of nitrogens with one attached hydrogen (secondary N) is 2. The molecule has 0 saturated carbocycles. The van der Waals surface area contributed by atoms with Gasteiger partial charge in [-0.2, -0.15) is 5.10 Å². The van der Waals surface area contributed by atoms with Gasteiger partial charge in [-0.1, -0.05) is 13.8 Å². The first-order valence-corrected chi connectivity index (χ1v) is 7.92. The predicted octanol–water partition coefficient (Wildman–Crippen LogP) is 1.36. The third kappa shape index (κ3) is 4.87. The lowest BCUT2D eigenvalue weighted by atomic mass is 10.1. The molecule has 0 bridgehead atoms. The van der Waals surface area contributed by atoms with E-state index in [-0.39, 0.29) is 23.8 Å². The van der Waals surface area contributed by atoms with Gasteiger partial charge >= 0.3 is 0 Å². The van der Waals surface area contributed by atoms with Crippen LogP contribution in [0.15, 0.2) is 30.6 Å². The van der Waals surface area contributed by atoms with Gasteiger partial charge in [-0.3, -0.25) is 9.59 Å². The number of hydrogen-bond acceptors (Lipinski definition) is 4. The number of aryl methyl sites for hydroxylation is 1. The average Bonchev–Trinajstić information content (AvgIpc) is 2.98. The normalized spacial score (nSPS) is 12.1. The van der Waals surface area contributed by atoms with E-state index in [4.69, 9.17) is 5.73 Å². The number of rotatable bonds is 6. The maximum absolute atomic E-state index is 14.2. The lowest BCUT2D eigenvalue weighted by Gasteiger charge is -2.15. The number of amides is 2. The van der Waals surface area contributed by atoms with E-state index in [1.807, 2.05) is 20.8 Å². The molecule has 2 rings (SSSR count). The van der Waals surface area contributed by atoms with Gasteiger partial charge in [0.25, 0.3) is 0 Å². The molecule has 0 unspecified atom stereocenters. The minimum absolute atomic E-state index is 0.0318. The summed E-state index contributed by atoms with van der Waals surface area (Å²) in [5, 5.41) is 9.03. The van der Waals surface area contributed by atoms with Crippen LogP contribution in [0.5, 0.6) is 0 Å². The fraction of sp³-hybridized carbons (Fsp3) is 0.353. The minimum Gasteiger partial charge on any atom is -0.346 e. The molecule has 0 saturated heterocycles. The van der Waals surface area contributed by atoms with Crippen molar-refractivity contribution in [3.05, 3.63) is 42.0 Å². The largest absolute Gasteiger partial charge is 0.346 e. The topological polar surface area (TPSA) is 102 Å². The van der Waals surface area contributed by atoms with E-state index >= 15 is 0 Å². The second kappa shape index (κ2) is 7.89. The van der Waals surface area contributed by atoms with Gasteiger partial charge in [-0.15, -0.1) is 0 Å². The van der Waals surface area contributed by atoms with Crippen LogP contribution in [0.1, 0.15) is 19.4 Å². The Labute approximate surface area is 145 Å². The van der Waals surface area contributed by atoms with Crippen LogP contribution >= 0.6 is 0 Å². The molecule has 25 heavy (non-hydrogen) atoms. The third-order valence-electron chi connectivity index (χ3n) is 3.63. The molecule has 0 spiro atoms. The van der Waals surface area contributed by atoms with Crippen molar-refractivity contribution in [3.63, 3.8) is 0 Å². The summed E-state index contributed by atoms with van der Waals surface area (Å²) in [7, 11) is 0. The lowest BCUT2D eigenvalue weighted by Crippen LogP contribution is -2.46. The van der Waals surface area contributed by atoms with E-state index in [0.29, 0.717) is 0 Å². The number of carbonyl (C=O) groups is 2. The van der Waals surface area contributed by atoms with Crippen molar-refractivity contribution in [2.75, 3.05) is 11.9 Å². The van der Waals surface area contributed by atoms with Crippen LogP contribution in [0.3, 0.4) is 0 Å². The van der Waals surface area contributed by atoms with Crippen molar-refractivity contribution in [1.82, 2.24) is 15.1 Å². The summed E-state index contributed by atoms with van der Waals surface area (Å²) < 4.78 is 15.6. The Morgan fingerprint density at radius 3 is 2.64 bits per heavy atom. The Balaban J connectivity index is 1.95.